The van der Waals surface area contributed by atoms with Gasteiger partial charge in [0.05, 0.1) is 6.61 Å². The first-order valence-corrected chi connectivity index (χ1v) is 8.65. The summed E-state index contributed by atoms with van der Waals surface area (Å²) in [6, 6.07) is 11.0. The highest BCUT2D eigenvalue weighted by molar-refractivity contribution is 5.71. The van der Waals surface area contributed by atoms with Crippen LogP contribution >= 0.6 is 0 Å². The Bertz CT molecular complexity index is 797. The summed E-state index contributed by atoms with van der Waals surface area (Å²) >= 11 is 0. The number of aromatic hydroxyl groups is 2. The molecule has 8 nitrogen and oxygen atoms in total. The zero-order valence-corrected chi connectivity index (χ0v) is 14.8. The van der Waals surface area contributed by atoms with Gasteiger partial charge in [-0.2, -0.15) is 0 Å². The van der Waals surface area contributed by atoms with Crippen LogP contribution in [0.15, 0.2) is 42.5 Å². The number of hydrogen-bond acceptors (Lipinski definition) is 8. The Morgan fingerprint density at radius 2 is 1.43 bits per heavy atom. The fraction of sp³-hybridized carbons (Fsp3) is 0.300. The first-order valence-electron chi connectivity index (χ1n) is 8.65. The molecule has 0 amide bonds. The zero-order valence-electron chi connectivity index (χ0n) is 14.8. The van der Waals surface area contributed by atoms with Crippen molar-refractivity contribution < 1.29 is 40.1 Å². The molecular weight excluding hydrogens is 368 g/mol. The largest absolute Gasteiger partial charge is 0.508 e. The second-order valence-electron chi connectivity index (χ2n) is 6.50. The second-order valence-corrected chi connectivity index (χ2v) is 6.50. The fourth-order valence-corrected chi connectivity index (χ4v) is 2.86. The van der Waals surface area contributed by atoms with E-state index in [1.165, 1.54) is 18.2 Å². The highest BCUT2D eigenvalue weighted by Gasteiger charge is 2.44. The summed E-state index contributed by atoms with van der Waals surface area (Å²) in [5.41, 5.74) is 1.43. The Hall–Kier alpha value is -2.62. The fourth-order valence-electron chi connectivity index (χ4n) is 2.86. The number of benzene rings is 2. The molecule has 1 fully saturated rings. The number of aliphatic hydroxyl groups is 4. The molecule has 0 saturated carbocycles. The normalized spacial score (nSPS) is 27.8. The lowest BCUT2D eigenvalue weighted by atomic mass is 9.99. The van der Waals surface area contributed by atoms with E-state index in [1.54, 1.807) is 36.4 Å². The van der Waals surface area contributed by atoms with Crippen molar-refractivity contribution in [3.8, 4) is 17.2 Å². The van der Waals surface area contributed by atoms with Gasteiger partial charge >= 0.3 is 0 Å². The van der Waals surface area contributed by atoms with Gasteiger partial charge in [0.25, 0.3) is 0 Å². The van der Waals surface area contributed by atoms with Gasteiger partial charge in [0.15, 0.2) is 0 Å². The number of ether oxygens (including phenoxy) is 2. The van der Waals surface area contributed by atoms with Crippen LogP contribution in [0.2, 0.25) is 0 Å². The number of aliphatic hydroxyl groups excluding tert-OH is 4. The van der Waals surface area contributed by atoms with Gasteiger partial charge in [-0.05, 0) is 35.4 Å². The van der Waals surface area contributed by atoms with Crippen LogP contribution in [-0.2, 0) is 4.74 Å². The van der Waals surface area contributed by atoms with Crippen molar-refractivity contribution >= 4 is 12.2 Å². The van der Waals surface area contributed by atoms with Crippen LogP contribution in [0.3, 0.4) is 0 Å². The van der Waals surface area contributed by atoms with E-state index < -0.39 is 37.3 Å². The topological polar surface area (TPSA) is 140 Å². The lowest BCUT2D eigenvalue weighted by Gasteiger charge is -2.39. The third-order valence-electron chi connectivity index (χ3n) is 4.37. The van der Waals surface area contributed by atoms with E-state index in [2.05, 4.69) is 0 Å². The average molecular weight is 390 g/mol. The molecule has 1 aliphatic heterocycles. The molecule has 0 aliphatic carbocycles. The van der Waals surface area contributed by atoms with E-state index in [9.17, 15) is 30.6 Å². The average Bonchev–Trinajstić information content (AvgIpc) is 2.67. The quantitative estimate of drug-likeness (QED) is 0.405. The van der Waals surface area contributed by atoms with Crippen LogP contribution in [0.25, 0.3) is 12.2 Å². The Morgan fingerprint density at radius 1 is 0.821 bits per heavy atom. The summed E-state index contributed by atoms with van der Waals surface area (Å²) in [5.74, 6) is 0.280. The first kappa shape index (κ1) is 20.1. The molecule has 8 heteroatoms. The van der Waals surface area contributed by atoms with Gasteiger partial charge in [0, 0.05) is 6.07 Å². The third-order valence-corrected chi connectivity index (χ3v) is 4.37. The smallest absolute Gasteiger partial charge is 0.229 e. The van der Waals surface area contributed by atoms with Gasteiger partial charge in [-0.1, -0.05) is 24.3 Å². The highest BCUT2D eigenvalue weighted by atomic mass is 16.7. The molecule has 2 unspecified atom stereocenters. The summed E-state index contributed by atoms with van der Waals surface area (Å²) < 4.78 is 10.8. The minimum absolute atomic E-state index is 0.0390. The Balaban J connectivity index is 1.66. The van der Waals surface area contributed by atoms with Crippen molar-refractivity contribution in [3.05, 3.63) is 53.6 Å². The van der Waals surface area contributed by atoms with Crippen LogP contribution in [-0.4, -0.2) is 68.0 Å². The molecule has 0 radical (unpaired) electrons. The maximum atomic E-state index is 10.00. The van der Waals surface area contributed by atoms with E-state index in [1.807, 2.05) is 0 Å². The predicted molar refractivity (Wildman–Crippen MR) is 99.5 cm³/mol. The molecule has 0 spiro atoms. The van der Waals surface area contributed by atoms with Gasteiger partial charge in [0.2, 0.25) is 6.29 Å². The highest BCUT2D eigenvalue weighted by Crippen LogP contribution is 2.25. The number of hydrogen-bond donors (Lipinski definition) is 6. The van der Waals surface area contributed by atoms with Crippen molar-refractivity contribution in [2.45, 2.75) is 30.7 Å². The minimum Gasteiger partial charge on any atom is -0.508 e. The minimum atomic E-state index is -1.50. The summed E-state index contributed by atoms with van der Waals surface area (Å²) in [5, 5.41) is 57.7. The molecule has 28 heavy (non-hydrogen) atoms. The molecule has 2 aromatic carbocycles. The second kappa shape index (κ2) is 8.59. The lowest BCUT2D eigenvalue weighted by Crippen LogP contribution is -2.60. The molecule has 0 aromatic heterocycles. The molecule has 3 rings (SSSR count). The molecule has 2 aromatic rings. The molecule has 0 bridgehead atoms. The Labute approximate surface area is 161 Å². The van der Waals surface area contributed by atoms with Crippen molar-refractivity contribution in [1.29, 1.82) is 0 Å². The van der Waals surface area contributed by atoms with Gasteiger partial charge in [-0.3, -0.25) is 0 Å². The van der Waals surface area contributed by atoms with Gasteiger partial charge < -0.3 is 40.1 Å². The summed E-state index contributed by atoms with van der Waals surface area (Å²) in [6.07, 6.45) is -3.22. The van der Waals surface area contributed by atoms with Crippen LogP contribution < -0.4 is 4.74 Å². The molecule has 1 aliphatic rings. The van der Waals surface area contributed by atoms with Crippen molar-refractivity contribution in [2.75, 3.05) is 6.61 Å². The molecule has 5 atom stereocenters. The Morgan fingerprint density at radius 3 is 2.04 bits per heavy atom. The summed E-state index contributed by atoms with van der Waals surface area (Å²) in [4.78, 5) is 0. The van der Waals surface area contributed by atoms with Crippen LogP contribution in [0.5, 0.6) is 17.2 Å². The third kappa shape index (κ3) is 4.61. The summed E-state index contributed by atoms with van der Waals surface area (Å²) in [6.45, 7) is -0.529. The Kier molecular flexibility index (Phi) is 6.18. The first-order chi connectivity index (χ1) is 13.4. The molecule has 6 N–H and O–H groups in total. The maximum Gasteiger partial charge on any atom is 0.229 e. The van der Waals surface area contributed by atoms with Crippen LogP contribution in [0.4, 0.5) is 0 Å². The van der Waals surface area contributed by atoms with Gasteiger partial charge in [0.1, 0.15) is 41.7 Å². The number of rotatable bonds is 5. The number of phenols is 2. The van der Waals surface area contributed by atoms with Crippen molar-refractivity contribution in [2.24, 2.45) is 0 Å². The van der Waals surface area contributed by atoms with Crippen LogP contribution in [0.1, 0.15) is 11.1 Å². The van der Waals surface area contributed by atoms with E-state index in [0.29, 0.717) is 11.3 Å². The van der Waals surface area contributed by atoms with E-state index in [0.717, 1.165) is 5.56 Å². The van der Waals surface area contributed by atoms with Crippen molar-refractivity contribution in [3.63, 3.8) is 0 Å². The zero-order chi connectivity index (χ0) is 20.3. The van der Waals surface area contributed by atoms with Gasteiger partial charge in [-0.15, -0.1) is 0 Å². The number of phenolic OH excluding ortho intramolecular Hbond substituents is 2. The standard InChI is InChI=1S/C20H22O8/c21-10-16-17(24)18(25)19(26)20(28-16)27-15-5-3-11(4-6-15)1-2-12-7-13(22)9-14(23)8-12/h1-9,16-26H,10H2/b2-1+/t16?,17-,18+,19?,20-/m1/s1. The summed E-state index contributed by atoms with van der Waals surface area (Å²) in [7, 11) is 0. The van der Waals surface area contributed by atoms with E-state index >= 15 is 0 Å². The van der Waals surface area contributed by atoms with Gasteiger partial charge in [-0.25, -0.2) is 0 Å². The molecular formula is C20H22O8. The molecule has 1 heterocycles. The molecule has 1 saturated heterocycles. The van der Waals surface area contributed by atoms with E-state index in [-0.39, 0.29) is 11.5 Å². The monoisotopic (exact) mass is 390 g/mol. The van der Waals surface area contributed by atoms with E-state index in [4.69, 9.17) is 9.47 Å². The predicted octanol–water partition coefficient (Wildman–Crippen LogP) is 0.447. The maximum absolute atomic E-state index is 10.00. The van der Waals surface area contributed by atoms with Crippen molar-refractivity contribution in [1.82, 2.24) is 0 Å². The molecule has 150 valence electrons. The van der Waals surface area contributed by atoms with Crippen LogP contribution in [0, 0.1) is 0 Å². The SMILES string of the molecule is OCC1O[C@@H](Oc2ccc(/C=C/c3cc(O)cc(O)c3)cc2)C(O)[C@@H](O)[C@@H]1O. The lowest BCUT2D eigenvalue weighted by molar-refractivity contribution is -0.277.